The normalized spacial score (nSPS) is 37.2. The highest BCUT2D eigenvalue weighted by atomic mass is 16.1. The molecule has 0 amide bonds. The molecule has 0 aliphatic heterocycles. The molecular formula is C9H14O. The molecule has 0 aromatic heterocycles. The van der Waals surface area contributed by atoms with E-state index in [9.17, 15) is 4.79 Å². The molecule has 10 heavy (non-hydrogen) atoms. The number of hydrogen-bond acceptors (Lipinski definition) is 1. The quantitative estimate of drug-likeness (QED) is 0.516. The lowest BCUT2D eigenvalue weighted by atomic mass is 9.88. The van der Waals surface area contributed by atoms with Crippen molar-refractivity contribution in [3.63, 3.8) is 0 Å². The first-order valence-electron chi connectivity index (χ1n) is 6.36. The second-order valence-corrected chi connectivity index (χ2v) is 2.56. The van der Waals surface area contributed by atoms with Crippen molar-refractivity contribution < 1.29 is 13.0 Å². The first kappa shape index (κ1) is 2.80. The maximum Gasteiger partial charge on any atom is 0.133 e. The van der Waals surface area contributed by atoms with Gasteiger partial charge < -0.3 is 0 Å². The minimum Gasteiger partial charge on any atom is -0.300 e. The Morgan fingerprint density at radius 3 is 3.30 bits per heavy atom. The van der Waals surface area contributed by atoms with Crippen molar-refractivity contribution in [2.45, 2.75) is 33.0 Å². The SMILES string of the molecule is [2H]C([2H])([2H])C(=O)C1CC=C(C([2H])([2H])[2H])CC1. The number of carbonyl (C=O) groups excluding carboxylic acids is 1. The highest BCUT2D eigenvalue weighted by Gasteiger charge is 2.15. The average Bonchev–Trinajstić information content (AvgIpc) is 2.14. The molecule has 0 fully saturated rings. The van der Waals surface area contributed by atoms with Crippen molar-refractivity contribution in [3.8, 4) is 0 Å². The molecule has 0 N–H and O–H groups in total. The molecule has 1 aliphatic carbocycles. The summed E-state index contributed by atoms with van der Waals surface area (Å²) >= 11 is 0. The smallest absolute Gasteiger partial charge is 0.133 e. The van der Waals surface area contributed by atoms with Crippen LogP contribution in [0.4, 0.5) is 0 Å². The number of allylic oxidation sites excluding steroid dienone is 2. The third-order valence-corrected chi connectivity index (χ3v) is 1.78. The molecule has 1 heteroatoms. The van der Waals surface area contributed by atoms with Gasteiger partial charge in [0.2, 0.25) is 0 Å². The van der Waals surface area contributed by atoms with Gasteiger partial charge >= 0.3 is 0 Å². The zero-order valence-electron chi connectivity index (χ0n) is 11.7. The van der Waals surface area contributed by atoms with Crippen molar-refractivity contribution in [2.75, 3.05) is 0 Å². The molecule has 0 saturated heterocycles. The summed E-state index contributed by atoms with van der Waals surface area (Å²) in [5.41, 5.74) is 0.335. The van der Waals surface area contributed by atoms with Crippen LogP contribution in [0.5, 0.6) is 0 Å². The summed E-state index contributed by atoms with van der Waals surface area (Å²) < 4.78 is 42.6. The lowest BCUT2D eigenvalue weighted by Crippen LogP contribution is -2.12. The van der Waals surface area contributed by atoms with Crippen molar-refractivity contribution in [1.82, 2.24) is 0 Å². The Kier molecular flexibility index (Phi) is 0.840. The van der Waals surface area contributed by atoms with Crippen LogP contribution in [0.25, 0.3) is 0 Å². The molecule has 0 spiro atoms. The van der Waals surface area contributed by atoms with Crippen LogP contribution in [0.3, 0.4) is 0 Å². The maximum atomic E-state index is 11.4. The predicted octanol–water partition coefficient (Wildman–Crippen LogP) is 2.32. The fraction of sp³-hybridized carbons (Fsp3) is 0.667. The van der Waals surface area contributed by atoms with Crippen LogP contribution in [-0.4, -0.2) is 5.78 Å². The fourth-order valence-corrected chi connectivity index (χ4v) is 1.07. The van der Waals surface area contributed by atoms with Gasteiger partial charge in [-0.25, -0.2) is 0 Å². The van der Waals surface area contributed by atoms with Crippen LogP contribution >= 0.6 is 0 Å². The summed E-state index contributed by atoms with van der Waals surface area (Å²) in [6, 6.07) is 0. The number of Topliss-reactive ketones (excluding diaryl/α,β-unsaturated/α-hetero) is 1. The average molecular weight is 144 g/mol. The van der Waals surface area contributed by atoms with E-state index in [0.29, 0.717) is 12.0 Å². The van der Waals surface area contributed by atoms with Gasteiger partial charge in [-0.15, -0.1) is 0 Å². The Morgan fingerprint density at radius 2 is 2.80 bits per heavy atom. The Balaban J connectivity index is 2.69. The number of hydrogen-bond donors (Lipinski definition) is 0. The van der Waals surface area contributed by atoms with Gasteiger partial charge in [-0.05, 0) is 33.0 Å². The lowest BCUT2D eigenvalue weighted by molar-refractivity contribution is -0.120. The summed E-state index contributed by atoms with van der Waals surface area (Å²) in [6.07, 6.45) is 2.32. The molecule has 0 aromatic carbocycles. The topological polar surface area (TPSA) is 17.1 Å². The third kappa shape index (κ3) is 1.69. The minimum absolute atomic E-state index is 0.227. The summed E-state index contributed by atoms with van der Waals surface area (Å²) in [5, 5.41) is 0. The standard InChI is InChI=1S/C9H14O/c1-7-3-5-9(6-4-7)8(2)10/h3,9H,4-6H2,1-2H3/i1D3,2D3. The van der Waals surface area contributed by atoms with Crippen LogP contribution in [0.15, 0.2) is 11.6 Å². The molecule has 1 atom stereocenters. The molecular weight excluding hydrogens is 124 g/mol. The number of rotatable bonds is 1. The van der Waals surface area contributed by atoms with Crippen LogP contribution in [0.1, 0.15) is 41.2 Å². The van der Waals surface area contributed by atoms with Gasteiger partial charge in [-0.1, -0.05) is 11.6 Å². The van der Waals surface area contributed by atoms with E-state index in [1.807, 2.05) is 0 Å². The molecule has 1 unspecified atom stereocenters. The highest BCUT2D eigenvalue weighted by Crippen LogP contribution is 2.23. The van der Waals surface area contributed by atoms with Gasteiger partial charge in [0.1, 0.15) is 5.78 Å². The van der Waals surface area contributed by atoms with Crippen molar-refractivity contribution >= 4 is 5.78 Å². The number of ketones is 1. The minimum atomic E-state index is -2.57. The third-order valence-electron chi connectivity index (χ3n) is 1.78. The van der Waals surface area contributed by atoms with E-state index in [2.05, 4.69) is 0 Å². The van der Waals surface area contributed by atoms with Gasteiger partial charge in [0, 0.05) is 14.1 Å². The molecule has 1 nitrogen and oxygen atoms in total. The Morgan fingerprint density at radius 1 is 1.90 bits per heavy atom. The summed E-state index contributed by atoms with van der Waals surface area (Å²) in [4.78, 5) is 11.4. The highest BCUT2D eigenvalue weighted by molar-refractivity contribution is 5.78. The van der Waals surface area contributed by atoms with Gasteiger partial charge in [-0.3, -0.25) is 4.79 Å². The van der Waals surface area contributed by atoms with Gasteiger partial charge in [-0.2, -0.15) is 0 Å². The Bertz CT molecular complexity index is 311. The molecule has 0 bridgehead atoms. The molecule has 56 valence electrons. The van der Waals surface area contributed by atoms with Crippen LogP contribution in [0.2, 0.25) is 0 Å². The second kappa shape index (κ2) is 3.00. The van der Waals surface area contributed by atoms with Crippen molar-refractivity contribution in [2.24, 2.45) is 5.92 Å². The second-order valence-electron chi connectivity index (χ2n) is 2.56. The van der Waals surface area contributed by atoms with Crippen LogP contribution in [-0.2, 0) is 4.79 Å². The van der Waals surface area contributed by atoms with Gasteiger partial charge in [0.15, 0.2) is 0 Å². The summed E-state index contributed by atoms with van der Waals surface area (Å²) in [7, 11) is 0. The largest absolute Gasteiger partial charge is 0.300 e. The molecule has 0 aromatic rings. The zero-order valence-corrected chi connectivity index (χ0v) is 5.68. The maximum absolute atomic E-state index is 11.4. The van der Waals surface area contributed by atoms with E-state index in [1.165, 1.54) is 6.08 Å². The van der Waals surface area contributed by atoms with E-state index in [1.54, 1.807) is 0 Å². The fourth-order valence-electron chi connectivity index (χ4n) is 1.07. The summed E-state index contributed by atoms with van der Waals surface area (Å²) in [5.74, 6) is -1.31. The van der Waals surface area contributed by atoms with Crippen LogP contribution < -0.4 is 0 Å². The first-order chi connectivity index (χ1) is 7.12. The van der Waals surface area contributed by atoms with Gasteiger partial charge in [0.05, 0.1) is 0 Å². The van der Waals surface area contributed by atoms with E-state index < -0.39 is 25.4 Å². The Labute approximate surface area is 70.6 Å². The van der Waals surface area contributed by atoms with Crippen molar-refractivity contribution in [1.29, 1.82) is 0 Å². The lowest BCUT2D eigenvalue weighted by Gasteiger charge is -2.16. The molecule has 0 radical (unpaired) electrons. The zero-order chi connectivity index (χ0) is 12.6. The van der Waals surface area contributed by atoms with Crippen molar-refractivity contribution in [3.05, 3.63) is 11.6 Å². The predicted molar refractivity (Wildman–Crippen MR) is 41.8 cm³/mol. The molecule has 1 rings (SSSR count). The molecule has 1 aliphatic rings. The van der Waals surface area contributed by atoms with E-state index in [-0.39, 0.29) is 12.8 Å². The molecule has 0 heterocycles. The van der Waals surface area contributed by atoms with E-state index >= 15 is 0 Å². The molecule has 0 saturated carbocycles. The summed E-state index contributed by atoms with van der Waals surface area (Å²) in [6.45, 7) is -4.69. The van der Waals surface area contributed by atoms with E-state index in [0.717, 1.165) is 0 Å². The van der Waals surface area contributed by atoms with E-state index in [4.69, 9.17) is 8.22 Å². The number of carbonyl (C=O) groups is 1. The van der Waals surface area contributed by atoms with Crippen LogP contribution in [0, 0.1) is 5.92 Å². The Hall–Kier alpha value is -0.590. The van der Waals surface area contributed by atoms with Gasteiger partial charge in [0.25, 0.3) is 0 Å². The first-order valence-corrected chi connectivity index (χ1v) is 3.36. The monoisotopic (exact) mass is 144 g/mol.